The van der Waals surface area contributed by atoms with Crippen molar-refractivity contribution in [3.05, 3.63) is 35.5 Å². The van der Waals surface area contributed by atoms with Gasteiger partial charge in [0.25, 0.3) is 0 Å². The Balaban J connectivity index is 2.17. The minimum atomic E-state index is -1.23. The predicted octanol–water partition coefficient (Wildman–Crippen LogP) is 3.16. The van der Waals surface area contributed by atoms with Gasteiger partial charge < -0.3 is 9.30 Å². The van der Waals surface area contributed by atoms with Gasteiger partial charge in [-0.1, -0.05) is 18.2 Å². The number of ether oxygens (including phenoxy) is 1. The van der Waals surface area contributed by atoms with Crippen LogP contribution in [0.4, 0.5) is 0 Å². The molecule has 1 heterocycles. The molecule has 0 bridgehead atoms. The molecule has 0 aliphatic heterocycles. The van der Waals surface area contributed by atoms with Gasteiger partial charge in [0.1, 0.15) is 5.41 Å². The summed E-state index contributed by atoms with van der Waals surface area (Å²) in [6, 6.07) is 9.78. The molecule has 1 aromatic heterocycles. The quantitative estimate of drug-likeness (QED) is 0.640. The predicted molar refractivity (Wildman–Crippen MR) is 89.5 cm³/mol. The van der Waals surface area contributed by atoms with Crippen molar-refractivity contribution in [3.8, 4) is 6.07 Å². The lowest BCUT2D eigenvalue weighted by molar-refractivity contribution is -0.153. The zero-order chi connectivity index (χ0) is 17.3. The molecule has 0 fully saturated rings. The molecule has 1 atom stereocenters. The van der Waals surface area contributed by atoms with Gasteiger partial charge in [0.05, 0.1) is 12.7 Å². The molecule has 2 aromatic rings. The summed E-state index contributed by atoms with van der Waals surface area (Å²) in [6.45, 7) is 1.95. The van der Waals surface area contributed by atoms with E-state index in [0.29, 0.717) is 18.4 Å². The Hall–Kier alpha value is -2.61. The van der Waals surface area contributed by atoms with Crippen molar-refractivity contribution in [2.75, 3.05) is 6.61 Å². The molecule has 0 N–H and O–H groups in total. The summed E-state index contributed by atoms with van der Waals surface area (Å²) >= 11 is 0. The first kappa shape index (κ1) is 16.3. The van der Waals surface area contributed by atoms with E-state index < -0.39 is 11.4 Å². The zero-order valence-corrected chi connectivity index (χ0v) is 14.0. The van der Waals surface area contributed by atoms with Crippen molar-refractivity contribution in [2.45, 2.75) is 32.6 Å². The Morgan fingerprint density at radius 1 is 1.42 bits per heavy atom. The van der Waals surface area contributed by atoms with E-state index in [1.807, 2.05) is 35.9 Å². The number of hydrogen-bond donors (Lipinski definition) is 0. The largest absolute Gasteiger partial charge is 0.465 e. The Labute approximate surface area is 140 Å². The average Bonchev–Trinajstić information content (AvgIpc) is 2.88. The number of aryl methyl sites for hydroxylation is 1. The molecule has 0 spiro atoms. The van der Waals surface area contributed by atoms with Crippen LogP contribution in [0.1, 0.15) is 42.2 Å². The van der Waals surface area contributed by atoms with Gasteiger partial charge in [-0.05, 0) is 32.3 Å². The zero-order valence-electron chi connectivity index (χ0n) is 14.0. The normalized spacial score (nSPS) is 19.8. The molecule has 24 heavy (non-hydrogen) atoms. The maximum absolute atomic E-state index is 13.4. The summed E-state index contributed by atoms with van der Waals surface area (Å²) in [7, 11) is 1.95. The van der Waals surface area contributed by atoms with Crippen LogP contribution < -0.4 is 0 Å². The molecule has 5 heteroatoms. The second-order valence-electron chi connectivity index (χ2n) is 6.19. The van der Waals surface area contributed by atoms with Crippen molar-refractivity contribution < 1.29 is 14.3 Å². The van der Waals surface area contributed by atoms with Crippen LogP contribution >= 0.6 is 0 Å². The van der Waals surface area contributed by atoms with Crippen LogP contribution in [0.2, 0.25) is 0 Å². The third kappa shape index (κ3) is 2.22. The van der Waals surface area contributed by atoms with Gasteiger partial charge in [-0.3, -0.25) is 9.59 Å². The van der Waals surface area contributed by atoms with E-state index in [-0.39, 0.29) is 25.2 Å². The molecular formula is C19H20N2O3. The van der Waals surface area contributed by atoms with Crippen LogP contribution in [0, 0.1) is 16.7 Å². The van der Waals surface area contributed by atoms with Gasteiger partial charge in [0.15, 0.2) is 5.78 Å². The van der Waals surface area contributed by atoms with Crippen LogP contribution in [-0.2, 0) is 23.0 Å². The molecule has 1 aliphatic carbocycles. The minimum absolute atomic E-state index is 0.157. The van der Waals surface area contributed by atoms with E-state index in [1.54, 1.807) is 6.92 Å². The molecular weight excluding hydrogens is 304 g/mol. The summed E-state index contributed by atoms with van der Waals surface area (Å²) in [4.78, 5) is 26.0. The fraction of sp³-hybridized carbons (Fsp3) is 0.421. The number of fused-ring (bicyclic) bond motifs is 3. The first-order chi connectivity index (χ1) is 11.6. The number of carbonyl (C=O) groups excluding carboxylic acids is 2. The van der Waals surface area contributed by atoms with Crippen LogP contribution in [0.3, 0.4) is 0 Å². The van der Waals surface area contributed by atoms with E-state index in [4.69, 9.17) is 10.00 Å². The SMILES string of the molecule is CCOC(=O)C1(CCC#N)CCc2c(c3ccccc3n2C)C1=O. The van der Waals surface area contributed by atoms with Crippen LogP contribution in [0.15, 0.2) is 24.3 Å². The molecule has 0 saturated heterocycles. The van der Waals surface area contributed by atoms with E-state index >= 15 is 0 Å². The lowest BCUT2D eigenvalue weighted by Gasteiger charge is -2.33. The monoisotopic (exact) mass is 324 g/mol. The Kier molecular flexibility index (Phi) is 4.15. The van der Waals surface area contributed by atoms with Crippen LogP contribution in [0.25, 0.3) is 10.9 Å². The second-order valence-corrected chi connectivity index (χ2v) is 6.19. The number of nitrogens with zero attached hydrogens (tertiary/aromatic N) is 2. The number of hydrogen-bond acceptors (Lipinski definition) is 4. The number of para-hydroxylation sites is 1. The minimum Gasteiger partial charge on any atom is -0.465 e. The van der Waals surface area contributed by atoms with Crippen LogP contribution in [0.5, 0.6) is 0 Å². The smallest absolute Gasteiger partial charge is 0.320 e. The summed E-state index contributed by atoms with van der Waals surface area (Å²) in [5.41, 5.74) is 1.32. The van der Waals surface area contributed by atoms with E-state index in [1.165, 1.54) is 0 Å². The first-order valence-corrected chi connectivity index (χ1v) is 8.22. The highest BCUT2D eigenvalue weighted by Crippen LogP contribution is 2.43. The maximum atomic E-state index is 13.4. The summed E-state index contributed by atoms with van der Waals surface area (Å²) < 4.78 is 7.24. The number of benzene rings is 1. The van der Waals surface area contributed by atoms with Crippen molar-refractivity contribution >= 4 is 22.7 Å². The Morgan fingerprint density at radius 3 is 2.88 bits per heavy atom. The number of ketones is 1. The maximum Gasteiger partial charge on any atom is 0.320 e. The lowest BCUT2D eigenvalue weighted by Crippen LogP contribution is -2.44. The molecule has 124 valence electrons. The standard InChI is InChI=1S/C19H20N2O3/c1-3-24-18(23)19(10-6-12-20)11-9-15-16(17(19)22)13-7-4-5-8-14(13)21(15)2/h4-5,7-8H,3,6,9-11H2,1-2H3. The third-order valence-corrected chi connectivity index (χ3v) is 5.01. The fourth-order valence-corrected chi connectivity index (χ4v) is 3.75. The highest BCUT2D eigenvalue weighted by Gasteiger charge is 2.51. The molecule has 0 radical (unpaired) electrons. The van der Waals surface area contributed by atoms with Gasteiger partial charge in [-0.15, -0.1) is 0 Å². The van der Waals surface area contributed by atoms with Gasteiger partial charge in [0.2, 0.25) is 0 Å². The van der Waals surface area contributed by atoms with Gasteiger partial charge in [0, 0.05) is 35.6 Å². The molecule has 1 aliphatic rings. The Bertz CT molecular complexity index is 859. The van der Waals surface area contributed by atoms with Crippen molar-refractivity contribution in [1.82, 2.24) is 4.57 Å². The summed E-state index contributed by atoms with van der Waals surface area (Å²) in [6.07, 6.45) is 1.38. The topological polar surface area (TPSA) is 72.1 Å². The molecule has 3 rings (SSSR count). The van der Waals surface area contributed by atoms with Gasteiger partial charge >= 0.3 is 5.97 Å². The molecule has 0 amide bonds. The molecule has 1 unspecified atom stereocenters. The highest BCUT2D eigenvalue weighted by atomic mass is 16.5. The van der Waals surface area contributed by atoms with E-state index in [0.717, 1.165) is 16.6 Å². The average molecular weight is 324 g/mol. The first-order valence-electron chi connectivity index (χ1n) is 8.22. The number of nitriles is 1. The Morgan fingerprint density at radius 2 is 2.17 bits per heavy atom. The number of esters is 1. The number of carbonyl (C=O) groups is 2. The summed E-state index contributed by atoms with van der Waals surface area (Å²) in [5, 5.41) is 9.83. The third-order valence-electron chi connectivity index (χ3n) is 5.01. The summed E-state index contributed by atoms with van der Waals surface area (Å²) in [5.74, 6) is -0.696. The van der Waals surface area contributed by atoms with Crippen molar-refractivity contribution in [1.29, 1.82) is 5.26 Å². The highest BCUT2D eigenvalue weighted by molar-refractivity contribution is 6.19. The van der Waals surface area contributed by atoms with Gasteiger partial charge in [-0.25, -0.2) is 0 Å². The molecule has 1 aromatic carbocycles. The van der Waals surface area contributed by atoms with Gasteiger partial charge in [-0.2, -0.15) is 5.26 Å². The molecule has 0 saturated carbocycles. The van der Waals surface area contributed by atoms with Crippen LogP contribution in [-0.4, -0.2) is 22.9 Å². The fourth-order valence-electron chi connectivity index (χ4n) is 3.75. The lowest BCUT2D eigenvalue weighted by atomic mass is 9.69. The number of Topliss-reactive ketones (excluding diaryl/α,β-unsaturated/α-hetero) is 1. The number of rotatable bonds is 4. The molecule has 5 nitrogen and oxygen atoms in total. The van der Waals surface area contributed by atoms with Crippen molar-refractivity contribution in [2.24, 2.45) is 12.5 Å². The van der Waals surface area contributed by atoms with Crippen molar-refractivity contribution in [3.63, 3.8) is 0 Å². The number of aromatic nitrogens is 1. The van der Waals surface area contributed by atoms with E-state index in [9.17, 15) is 9.59 Å². The van der Waals surface area contributed by atoms with E-state index in [2.05, 4.69) is 6.07 Å². The second kappa shape index (κ2) is 6.12.